The van der Waals surface area contributed by atoms with Crippen LogP contribution in [0.15, 0.2) is 67.3 Å². The van der Waals surface area contributed by atoms with Crippen LogP contribution in [0.1, 0.15) is 15.9 Å². The Morgan fingerprint density at radius 3 is 2.67 bits per heavy atom. The maximum Gasteiger partial charge on any atom is 0.254 e. The molecule has 0 fully saturated rings. The van der Waals surface area contributed by atoms with Crippen molar-refractivity contribution in [3.63, 3.8) is 0 Å². The van der Waals surface area contributed by atoms with Gasteiger partial charge in [0, 0.05) is 55.7 Å². The minimum atomic E-state index is -0.0484. The van der Waals surface area contributed by atoms with Crippen LogP contribution < -0.4 is 0 Å². The quantitative estimate of drug-likeness (QED) is 0.562. The Labute approximate surface area is 157 Å². The number of aryl methyl sites for hydroxylation is 1. The van der Waals surface area contributed by atoms with E-state index in [0.29, 0.717) is 12.1 Å². The van der Waals surface area contributed by atoms with Gasteiger partial charge in [-0.1, -0.05) is 18.2 Å². The lowest BCUT2D eigenvalue weighted by atomic mass is 10.0. The molecule has 1 amide bonds. The van der Waals surface area contributed by atoms with Crippen LogP contribution in [-0.2, 0) is 13.6 Å². The summed E-state index contributed by atoms with van der Waals surface area (Å²) in [6.45, 7) is 0.494. The van der Waals surface area contributed by atoms with Crippen LogP contribution in [0, 0.1) is 0 Å². The first kappa shape index (κ1) is 16.9. The summed E-state index contributed by atoms with van der Waals surface area (Å²) in [5, 5.41) is 5.01. The molecule has 134 valence electrons. The number of carbonyl (C=O) groups excluding carboxylic acids is 1. The number of nitrogens with zero attached hydrogens (tertiary/aromatic N) is 5. The molecule has 0 atom stereocenters. The van der Waals surface area contributed by atoms with Crippen LogP contribution in [0.3, 0.4) is 0 Å². The first-order chi connectivity index (χ1) is 13.1. The van der Waals surface area contributed by atoms with Crippen molar-refractivity contribution in [2.45, 2.75) is 6.54 Å². The van der Waals surface area contributed by atoms with Gasteiger partial charge < -0.3 is 4.90 Å². The van der Waals surface area contributed by atoms with E-state index >= 15 is 0 Å². The predicted octanol–water partition coefficient (Wildman–Crippen LogP) is 3.30. The van der Waals surface area contributed by atoms with Crippen molar-refractivity contribution in [2.75, 3.05) is 7.05 Å². The SMILES string of the molecule is CN(Cc1cnn(C)c1)C(=O)c1cc(-c2ccncc2)nc2ccccc12. The summed E-state index contributed by atoms with van der Waals surface area (Å²) in [6.07, 6.45) is 7.14. The number of hydrogen-bond acceptors (Lipinski definition) is 4. The molecule has 0 saturated carbocycles. The van der Waals surface area contributed by atoms with Crippen LogP contribution in [0.2, 0.25) is 0 Å². The van der Waals surface area contributed by atoms with Gasteiger partial charge in [0.2, 0.25) is 0 Å². The summed E-state index contributed by atoms with van der Waals surface area (Å²) >= 11 is 0. The zero-order valence-electron chi connectivity index (χ0n) is 15.2. The molecule has 0 unspecified atom stereocenters. The molecule has 6 nitrogen and oxygen atoms in total. The van der Waals surface area contributed by atoms with E-state index in [-0.39, 0.29) is 5.91 Å². The van der Waals surface area contributed by atoms with Crippen molar-refractivity contribution in [1.29, 1.82) is 0 Å². The van der Waals surface area contributed by atoms with Gasteiger partial charge >= 0.3 is 0 Å². The van der Waals surface area contributed by atoms with Gasteiger partial charge in [-0.25, -0.2) is 4.98 Å². The number of hydrogen-bond donors (Lipinski definition) is 0. The van der Waals surface area contributed by atoms with Gasteiger partial charge in [-0.2, -0.15) is 5.10 Å². The highest BCUT2D eigenvalue weighted by Crippen LogP contribution is 2.25. The van der Waals surface area contributed by atoms with Crippen molar-refractivity contribution >= 4 is 16.8 Å². The van der Waals surface area contributed by atoms with Crippen LogP contribution in [0.4, 0.5) is 0 Å². The molecule has 27 heavy (non-hydrogen) atoms. The summed E-state index contributed by atoms with van der Waals surface area (Å²) in [7, 11) is 3.67. The second kappa shape index (κ2) is 6.99. The summed E-state index contributed by atoms with van der Waals surface area (Å²) < 4.78 is 1.73. The molecule has 4 rings (SSSR count). The molecule has 0 N–H and O–H groups in total. The lowest BCUT2D eigenvalue weighted by Crippen LogP contribution is -2.26. The highest BCUT2D eigenvalue weighted by Gasteiger charge is 2.18. The first-order valence-electron chi connectivity index (χ1n) is 8.65. The van der Waals surface area contributed by atoms with E-state index in [0.717, 1.165) is 27.7 Å². The smallest absolute Gasteiger partial charge is 0.254 e. The molecule has 0 saturated heterocycles. The van der Waals surface area contributed by atoms with Crippen LogP contribution >= 0.6 is 0 Å². The number of para-hydroxylation sites is 1. The Kier molecular flexibility index (Phi) is 4.38. The van der Waals surface area contributed by atoms with Gasteiger partial charge in [0.15, 0.2) is 0 Å². The summed E-state index contributed by atoms with van der Waals surface area (Å²) in [4.78, 5) is 23.7. The fraction of sp³-hybridized carbons (Fsp3) is 0.143. The van der Waals surface area contributed by atoms with E-state index in [2.05, 4.69) is 10.1 Å². The van der Waals surface area contributed by atoms with E-state index in [1.807, 2.05) is 55.7 Å². The molecule has 3 aromatic heterocycles. The minimum absolute atomic E-state index is 0.0484. The average Bonchev–Trinajstić information content (AvgIpc) is 3.11. The maximum absolute atomic E-state index is 13.2. The summed E-state index contributed by atoms with van der Waals surface area (Å²) in [6, 6.07) is 13.4. The predicted molar refractivity (Wildman–Crippen MR) is 104 cm³/mol. The highest BCUT2D eigenvalue weighted by atomic mass is 16.2. The Balaban J connectivity index is 1.76. The van der Waals surface area contributed by atoms with E-state index < -0.39 is 0 Å². The molecule has 4 aromatic rings. The third-order valence-electron chi connectivity index (χ3n) is 4.45. The van der Waals surface area contributed by atoms with Gasteiger partial charge in [-0.15, -0.1) is 0 Å². The largest absolute Gasteiger partial charge is 0.337 e. The molecular weight excluding hydrogens is 338 g/mol. The molecule has 0 radical (unpaired) electrons. The Morgan fingerprint density at radius 1 is 1.15 bits per heavy atom. The Morgan fingerprint density at radius 2 is 1.93 bits per heavy atom. The second-order valence-corrected chi connectivity index (χ2v) is 6.49. The molecule has 0 aliphatic carbocycles. The summed E-state index contributed by atoms with van der Waals surface area (Å²) in [5.74, 6) is -0.0484. The number of rotatable bonds is 4. The molecule has 0 aliphatic rings. The molecule has 0 bridgehead atoms. The number of fused-ring (bicyclic) bond motifs is 1. The van der Waals surface area contributed by atoms with Crippen LogP contribution in [0.25, 0.3) is 22.2 Å². The van der Waals surface area contributed by atoms with Gasteiger partial charge in [-0.3, -0.25) is 14.5 Å². The van der Waals surface area contributed by atoms with Crippen molar-refractivity contribution in [3.8, 4) is 11.3 Å². The highest BCUT2D eigenvalue weighted by molar-refractivity contribution is 6.07. The van der Waals surface area contributed by atoms with Crippen LogP contribution in [-0.4, -0.2) is 37.6 Å². The van der Waals surface area contributed by atoms with E-state index in [1.165, 1.54) is 0 Å². The minimum Gasteiger partial charge on any atom is -0.337 e. The molecule has 0 aliphatic heterocycles. The fourth-order valence-corrected chi connectivity index (χ4v) is 3.13. The van der Waals surface area contributed by atoms with Gasteiger partial charge in [0.05, 0.1) is 23.0 Å². The second-order valence-electron chi connectivity index (χ2n) is 6.49. The lowest BCUT2D eigenvalue weighted by Gasteiger charge is -2.18. The molecule has 6 heteroatoms. The standard InChI is InChI=1S/C21H19N5O/c1-25(13-15-12-23-26(2)14-15)21(27)18-11-20(16-7-9-22-10-8-16)24-19-6-4-3-5-17(18)19/h3-12,14H,13H2,1-2H3. The van der Waals surface area contributed by atoms with Gasteiger partial charge in [0.25, 0.3) is 5.91 Å². The molecule has 3 heterocycles. The van der Waals surface area contributed by atoms with Gasteiger partial charge in [-0.05, 0) is 24.3 Å². The van der Waals surface area contributed by atoms with Crippen molar-refractivity contribution in [2.24, 2.45) is 7.05 Å². The zero-order chi connectivity index (χ0) is 18.8. The topological polar surface area (TPSA) is 63.9 Å². The third-order valence-corrected chi connectivity index (χ3v) is 4.45. The number of aromatic nitrogens is 4. The monoisotopic (exact) mass is 357 g/mol. The van der Waals surface area contributed by atoms with Gasteiger partial charge in [0.1, 0.15) is 0 Å². The lowest BCUT2D eigenvalue weighted by molar-refractivity contribution is 0.0787. The van der Waals surface area contributed by atoms with Crippen molar-refractivity contribution in [1.82, 2.24) is 24.6 Å². The number of benzene rings is 1. The van der Waals surface area contributed by atoms with Crippen LogP contribution in [0.5, 0.6) is 0 Å². The summed E-state index contributed by atoms with van der Waals surface area (Å²) in [5.41, 5.74) is 4.11. The molecular formula is C21H19N5O. The zero-order valence-corrected chi connectivity index (χ0v) is 15.2. The third kappa shape index (κ3) is 3.42. The molecule has 0 spiro atoms. The van der Waals surface area contributed by atoms with E-state index in [4.69, 9.17) is 4.98 Å². The maximum atomic E-state index is 13.2. The average molecular weight is 357 g/mol. The number of amides is 1. The normalized spacial score (nSPS) is 10.9. The first-order valence-corrected chi connectivity index (χ1v) is 8.65. The fourth-order valence-electron chi connectivity index (χ4n) is 3.13. The number of carbonyl (C=O) groups is 1. The molecule has 1 aromatic carbocycles. The Bertz CT molecular complexity index is 1100. The Hall–Kier alpha value is -3.54. The van der Waals surface area contributed by atoms with Crippen molar-refractivity contribution < 1.29 is 4.79 Å². The number of pyridine rings is 2. The van der Waals surface area contributed by atoms with E-state index in [9.17, 15) is 4.79 Å². The van der Waals surface area contributed by atoms with Crippen molar-refractivity contribution in [3.05, 3.63) is 78.4 Å². The van der Waals surface area contributed by atoms with E-state index in [1.54, 1.807) is 35.2 Å².